The number of anilines is 1. The van der Waals surface area contributed by atoms with Crippen molar-refractivity contribution in [1.82, 2.24) is 20.0 Å². The van der Waals surface area contributed by atoms with Crippen LogP contribution in [0.5, 0.6) is 0 Å². The molecule has 2 aliphatic heterocycles. The molecule has 1 atom stereocenters. The molecule has 0 aliphatic carbocycles. The highest BCUT2D eigenvalue weighted by Crippen LogP contribution is 2.37. The van der Waals surface area contributed by atoms with Gasteiger partial charge in [0.25, 0.3) is 11.8 Å². The monoisotopic (exact) mass is 566 g/mol. The number of nitrogens with zero attached hydrogens (tertiary/aromatic N) is 3. The number of thioether (sulfide) groups is 1. The van der Waals surface area contributed by atoms with Crippen LogP contribution in [0, 0.1) is 0 Å². The Hall–Kier alpha value is -3.24. The highest BCUT2D eigenvalue weighted by Gasteiger charge is 2.39. The molecule has 3 amide bonds. The number of carbonyl (C=O) groups excluding carboxylic acids is 3. The molecule has 0 spiro atoms. The van der Waals surface area contributed by atoms with Crippen LogP contribution in [0.2, 0.25) is 0 Å². The fraction of sp³-hybridized carbons (Fsp3) is 0.500. The molecular formula is C30H42N6O3S. The van der Waals surface area contributed by atoms with Gasteiger partial charge in [0.1, 0.15) is 16.0 Å². The number of fused-ring (bicyclic) bond motifs is 1. The summed E-state index contributed by atoms with van der Waals surface area (Å²) in [6.45, 7) is 12.3. The summed E-state index contributed by atoms with van der Waals surface area (Å²) in [6.07, 6.45) is 2.48. The first-order valence-corrected chi connectivity index (χ1v) is 14.9. The van der Waals surface area contributed by atoms with Gasteiger partial charge in [0.05, 0.1) is 0 Å². The number of nitrogens with two attached hydrogens (primary N) is 1. The van der Waals surface area contributed by atoms with Crippen molar-refractivity contribution in [3.63, 3.8) is 0 Å². The Bertz CT molecular complexity index is 1300. The number of benzene rings is 2. The highest BCUT2D eigenvalue weighted by molar-refractivity contribution is 8.04. The second-order valence-electron chi connectivity index (χ2n) is 11.4. The minimum atomic E-state index is -0.399. The van der Waals surface area contributed by atoms with E-state index >= 15 is 0 Å². The number of amides is 3. The average Bonchev–Trinajstić information content (AvgIpc) is 3.57. The van der Waals surface area contributed by atoms with Gasteiger partial charge in [0.15, 0.2) is 0 Å². The summed E-state index contributed by atoms with van der Waals surface area (Å²) in [4.78, 5) is 44.3. The first kappa shape index (κ1) is 29.7. The van der Waals surface area contributed by atoms with Gasteiger partial charge in [-0.1, -0.05) is 23.9 Å². The molecule has 2 fully saturated rings. The standard InChI is InChI=1S/C30H42N6O3S/c1-6-36-27(38)24(40-29(36)25(31)28(39)34(5)30(2,3)4)19-33-23-12-11-20-17-22(10-9-21(20)18-23)26(37)32-13-16-35-14-7-8-15-35/h9-12,17-18,24,33H,6-8,13-16,19,31H2,1-5H3,(H,32,37)/b29-25+/t24-/m1/s1. The summed E-state index contributed by atoms with van der Waals surface area (Å²) in [5.41, 5.74) is 7.52. The molecule has 0 radical (unpaired) electrons. The van der Waals surface area contributed by atoms with E-state index in [1.165, 1.54) is 24.6 Å². The average molecular weight is 567 g/mol. The molecule has 2 aromatic carbocycles. The minimum absolute atomic E-state index is 0.0594. The summed E-state index contributed by atoms with van der Waals surface area (Å²) >= 11 is 1.33. The van der Waals surface area contributed by atoms with Gasteiger partial charge in [-0.05, 0) is 88.7 Å². The lowest BCUT2D eigenvalue weighted by atomic mass is 10.1. The van der Waals surface area contributed by atoms with Crippen molar-refractivity contribution in [3.8, 4) is 0 Å². The molecule has 2 heterocycles. The number of likely N-dealkylation sites (tertiary alicyclic amines) is 1. The van der Waals surface area contributed by atoms with Crippen molar-refractivity contribution in [1.29, 1.82) is 0 Å². The first-order chi connectivity index (χ1) is 19.0. The van der Waals surface area contributed by atoms with Gasteiger partial charge in [-0.25, -0.2) is 0 Å². The van der Waals surface area contributed by atoms with Gasteiger partial charge in [-0.15, -0.1) is 0 Å². The lowest BCUT2D eigenvalue weighted by Gasteiger charge is -2.32. The second kappa shape index (κ2) is 12.5. The number of carbonyl (C=O) groups is 3. The van der Waals surface area contributed by atoms with Gasteiger partial charge in [-0.2, -0.15) is 0 Å². The van der Waals surface area contributed by atoms with Crippen LogP contribution in [-0.4, -0.2) is 89.5 Å². The molecule has 4 rings (SSSR count). The fourth-order valence-electron chi connectivity index (χ4n) is 4.88. The Morgan fingerprint density at radius 3 is 2.45 bits per heavy atom. The zero-order valence-corrected chi connectivity index (χ0v) is 25.1. The molecule has 0 aromatic heterocycles. The molecule has 0 bridgehead atoms. The summed E-state index contributed by atoms with van der Waals surface area (Å²) < 4.78 is 0. The first-order valence-electron chi connectivity index (χ1n) is 14.0. The summed E-state index contributed by atoms with van der Waals surface area (Å²) in [5, 5.41) is 8.49. The van der Waals surface area contributed by atoms with Crippen LogP contribution < -0.4 is 16.4 Å². The number of rotatable bonds is 9. The van der Waals surface area contributed by atoms with Crippen molar-refractivity contribution in [2.45, 2.75) is 51.3 Å². The zero-order valence-electron chi connectivity index (χ0n) is 24.3. The van der Waals surface area contributed by atoms with Crippen LogP contribution in [0.25, 0.3) is 10.8 Å². The van der Waals surface area contributed by atoms with E-state index < -0.39 is 5.25 Å². The largest absolute Gasteiger partial charge is 0.392 e. The molecule has 2 aromatic rings. The molecule has 2 aliphatic rings. The third-order valence-electron chi connectivity index (χ3n) is 7.63. The zero-order chi connectivity index (χ0) is 29.0. The van der Waals surface area contributed by atoms with E-state index in [0.29, 0.717) is 30.2 Å². The van der Waals surface area contributed by atoms with E-state index in [9.17, 15) is 14.4 Å². The van der Waals surface area contributed by atoms with Crippen LogP contribution in [0.1, 0.15) is 50.9 Å². The SMILES string of the molecule is CCN1C(=O)[C@@H](CNc2ccc3cc(C(=O)NCCN4CCCC4)ccc3c2)S/C1=C(/N)C(=O)N(C)C(C)(C)C. The van der Waals surface area contributed by atoms with Crippen molar-refractivity contribution >= 4 is 45.9 Å². The lowest BCUT2D eigenvalue weighted by molar-refractivity contribution is -0.130. The molecular weight excluding hydrogens is 524 g/mol. The van der Waals surface area contributed by atoms with E-state index in [2.05, 4.69) is 15.5 Å². The maximum atomic E-state index is 13.1. The molecule has 40 heavy (non-hydrogen) atoms. The van der Waals surface area contributed by atoms with Gasteiger partial charge < -0.3 is 31.1 Å². The topological polar surface area (TPSA) is 111 Å². The molecule has 9 nitrogen and oxygen atoms in total. The third-order valence-corrected chi connectivity index (χ3v) is 8.95. The minimum Gasteiger partial charge on any atom is -0.392 e. The molecule has 2 saturated heterocycles. The van der Waals surface area contributed by atoms with Crippen LogP contribution in [0.4, 0.5) is 5.69 Å². The maximum absolute atomic E-state index is 13.1. The Labute approximate surface area is 241 Å². The van der Waals surface area contributed by atoms with E-state index in [1.807, 2.05) is 64.1 Å². The maximum Gasteiger partial charge on any atom is 0.272 e. The number of hydrogen-bond donors (Lipinski definition) is 3. The summed E-state index contributed by atoms with van der Waals surface area (Å²) in [7, 11) is 1.72. The van der Waals surface area contributed by atoms with Crippen molar-refractivity contribution in [2.24, 2.45) is 5.73 Å². The molecule has 10 heteroatoms. The number of nitrogens with one attached hydrogen (secondary N) is 2. The van der Waals surface area contributed by atoms with Crippen molar-refractivity contribution < 1.29 is 14.4 Å². The molecule has 216 valence electrons. The van der Waals surface area contributed by atoms with Gasteiger partial charge in [0, 0.05) is 50.0 Å². The van der Waals surface area contributed by atoms with Gasteiger partial charge in [0.2, 0.25) is 5.91 Å². The van der Waals surface area contributed by atoms with E-state index in [0.717, 1.165) is 36.1 Å². The normalized spacial score (nSPS) is 19.3. The van der Waals surface area contributed by atoms with Crippen molar-refractivity contribution in [2.75, 3.05) is 51.6 Å². The highest BCUT2D eigenvalue weighted by atomic mass is 32.2. The molecule has 0 unspecified atom stereocenters. The van der Waals surface area contributed by atoms with Crippen LogP contribution in [0.15, 0.2) is 47.1 Å². The predicted octanol–water partition coefficient (Wildman–Crippen LogP) is 3.43. The predicted molar refractivity (Wildman–Crippen MR) is 163 cm³/mol. The Morgan fingerprint density at radius 1 is 1.10 bits per heavy atom. The fourth-order valence-corrected chi connectivity index (χ4v) is 6.10. The van der Waals surface area contributed by atoms with Crippen LogP contribution in [-0.2, 0) is 9.59 Å². The van der Waals surface area contributed by atoms with E-state index in [1.54, 1.807) is 16.8 Å². The smallest absolute Gasteiger partial charge is 0.272 e. The molecule has 0 saturated carbocycles. The van der Waals surface area contributed by atoms with Crippen LogP contribution >= 0.6 is 11.8 Å². The lowest BCUT2D eigenvalue weighted by Crippen LogP contribution is -2.45. The summed E-state index contributed by atoms with van der Waals surface area (Å²) in [6, 6.07) is 11.6. The Morgan fingerprint density at radius 2 is 1.77 bits per heavy atom. The number of likely N-dealkylation sites (N-methyl/N-ethyl adjacent to an activating group) is 1. The van der Waals surface area contributed by atoms with E-state index in [4.69, 9.17) is 5.73 Å². The summed E-state index contributed by atoms with van der Waals surface area (Å²) in [5.74, 6) is -0.412. The quantitative estimate of drug-likeness (QED) is 0.399. The molecule has 4 N–H and O–H groups in total. The van der Waals surface area contributed by atoms with Crippen LogP contribution in [0.3, 0.4) is 0 Å². The number of hydrogen-bond acceptors (Lipinski definition) is 7. The van der Waals surface area contributed by atoms with Gasteiger partial charge in [-0.3, -0.25) is 14.4 Å². The second-order valence-corrected chi connectivity index (χ2v) is 12.6. The Kier molecular flexibility index (Phi) is 9.30. The van der Waals surface area contributed by atoms with Crippen molar-refractivity contribution in [3.05, 3.63) is 52.7 Å². The van der Waals surface area contributed by atoms with E-state index in [-0.39, 0.29) is 29.0 Å². The Balaban J connectivity index is 1.38. The third kappa shape index (κ3) is 6.72. The van der Waals surface area contributed by atoms with Gasteiger partial charge >= 0.3 is 0 Å².